The van der Waals surface area contributed by atoms with Gasteiger partial charge in [0.05, 0.1) is 0 Å². The average Bonchev–Trinajstić information content (AvgIpc) is 2.96. The van der Waals surface area contributed by atoms with Gasteiger partial charge in [-0.3, -0.25) is 10.1 Å². The van der Waals surface area contributed by atoms with E-state index in [9.17, 15) is 5.21 Å². The Bertz CT molecular complexity index is 337. The highest BCUT2D eigenvalue weighted by Crippen LogP contribution is 2.13. The zero-order chi connectivity index (χ0) is 16.6. The molecule has 0 amide bonds. The Balaban J connectivity index is 1.76. The number of amidine groups is 1. The average molecular weight is 323 g/mol. The molecule has 0 fully saturated rings. The van der Waals surface area contributed by atoms with Crippen LogP contribution in [0.15, 0.2) is 12.2 Å². The van der Waals surface area contributed by atoms with E-state index in [0.717, 1.165) is 23.5 Å². The summed E-state index contributed by atoms with van der Waals surface area (Å²) in [7, 11) is 0. The van der Waals surface area contributed by atoms with Gasteiger partial charge in [-0.2, -0.15) is 0 Å². The molecule has 0 aromatic heterocycles. The molecule has 1 aliphatic heterocycles. The van der Waals surface area contributed by atoms with E-state index in [1.807, 2.05) is 6.08 Å². The summed E-state index contributed by atoms with van der Waals surface area (Å²) in [6.45, 7) is 3.64. The summed E-state index contributed by atoms with van der Waals surface area (Å²) in [5, 5.41) is 14.4. The van der Waals surface area contributed by atoms with E-state index >= 15 is 0 Å². The van der Waals surface area contributed by atoms with Gasteiger partial charge in [-0.25, -0.2) is 0 Å². The third-order valence-electron chi connectivity index (χ3n) is 4.64. The number of hydrogen-bond acceptors (Lipinski definition) is 2. The Kier molecular flexibility index (Phi) is 12.7. The number of rotatable bonds is 15. The van der Waals surface area contributed by atoms with Crippen molar-refractivity contribution in [3.8, 4) is 0 Å². The second kappa shape index (κ2) is 14.6. The van der Waals surface area contributed by atoms with Gasteiger partial charge in [-0.15, -0.1) is 0 Å². The van der Waals surface area contributed by atoms with Crippen molar-refractivity contribution in [3.63, 3.8) is 0 Å². The van der Waals surface area contributed by atoms with Crippen LogP contribution < -0.4 is 5.32 Å². The van der Waals surface area contributed by atoms with Crippen LogP contribution in [0.5, 0.6) is 0 Å². The van der Waals surface area contributed by atoms with E-state index in [1.165, 1.54) is 83.5 Å². The molecule has 0 spiro atoms. The summed E-state index contributed by atoms with van der Waals surface area (Å²) in [5.74, 6) is 0.736. The lowest BCUT2D eigenvalue weighted by Crippen LogP contribution is -2.17. The van der Waals surface area contributed by atoms with E-state index in [1.54, 1.807) is 0 Å². The van der Waals surface area contributed by atoms with Crippen molar-refractivity contribution in [1.82, 2.24) is 5.32 Å². The number of unbranched alkanes of at least 4 members (excludes halogenated alkanes) is 13. The molecule has 0 atom stereocenters. The van der Waals surface area contributed by atoms with Gasteiger partial charge in [0.25, 0.3) is 5.84 Å². The standard InChI is InChI=1S/C20H38N2O/c1-2-3-4-5-6-7-8-9-10-11-12-13-14-15-16-17-20-21-18-19-22(20)23/h16-17,21H,2-15,18-19H2,1H3. The van der Waals surface area contributed by atoms with Crippen LogP contribution in [0.1, 0.15) is 96.8 Å². The minimum atomic E-state index is 0.582. The highest BCUT2D eigenvalue weighted by atomic mass is 16.5. The molecule has 0 aliphatic carbocycles. The molecule has 1 rings (SSSR count). The number of nitrogens with zero attached hydrogens (tertiary/aromatic N) is 1. The van der Waals surface area contributed by atoms with E-state index in [4.69, 9.17) is 0 Å². The molecule has 0 saturated heterocycles. The molecule has 134 valence electrons. The second-order valence-corrected chi connectivity index (χ2v) is 6.85. The minimum Gasteiger partial charge on any atom is -0.715 e. The molecule has 0 aromatic carbocycles. The fraction of sp³-hybridized carbons (Fsp3) is 0.850. The Morgan fingerprint density at radius 2 is 1.39 bits per heavy atom. The predicted octanol–water partition coefficient (Wildman–Crippen LogP) is 5.54. The first kappa shape index (κ1) is 20.1. The second-order valence-electron chi connectivity index (χ2n) is 6.85. The first-order chi connectivity index (χ1) is 11.3. The summed E-state index contributed by atoms with van der Waals surface area (Å²) < 4.78 is 1.04. The van der Waals surface area contributed by atoms with Crippen molar-refractivity contribution in [2.45, 2.75) is 96.8 Å². The predicted molar refractivity (Wildman–Crippen MR) is 101 cm³/mol. The van der Waals surface area contributed by atoms with Crippen LogP contribution in [-0.4, -0.2) is 23.7 Å². The first-order valence-corrected chi connectivity index (χ1v) is 10.1. The highest BCUT2D eigenvalue weighted by molar-refractivity contribution is 5.89. The zero-order valence-corrected chi connectivity index (χ0v) is 15.3. The largest absolute Gasteiger partial charge is 0.715 e. The molecule has 1 N–H and O–H groups in total. The van der Waals surface area contributed by atoms with Crippen LogP contribution >= 0.6 is 0 Å². The van der Waals surface area contributed by atoms with Gasteiger partial charge in [-0.05, 0) is 12.8 Å². The lowest BCUT2D eigenvalue weighted by atomic mass is 10.0. The molecule has 23 heavy (non-hydrogen) atoms. The van der Waals surface area contributed by atoms with E-state index < -0.39 is 0 Å². The van der Waals surface area contributed by atoms with Crippen molar-refractivity contribution in [3.05, 3.63) is 17.4 Å². The van der Waals surface area contributed by atoms with Gasteiger partial charge in [-0.1, -0.05) is 90.0 Å². The van der Waals surface area contributed by atoms with Crippen LogP contribution in [0, 0.1) is 5.21 Å². The maximum atomic E-state index is 11.3. The molecule has 1 heterocycles. The molecule has 0 unspecified atom stereocenters. The van der Waals surface area contributed by atoms with Crippen molar-refractivity contribution in [1.29, 1.82) is 0 Å². The fourth-order valence-electron chi connectivity index (χ4n) is 3.11. The molecule has 1 aliphatic rings. The molecular formula is C20H38N2O. The van der Waals surface area contributed by atoms with E-state index in [0.29, 0.717) is 6.54 Å². The van der Waals surface area contributed by atoms with Gasteiger partial charge in [0, 0.05) is 6.08 Å². The van der Waals surface area contributed by atoms with Crippen molar-refractivity contribution < 1.29 is 4.74 Å². The van der Waals surface area contributed by atoms with Crippen LogP contribution in [-0.2, 0) is 0 Å². The summed E-state index contributed by atoms with van der Waals surface area (Å²) in [6.07, 6.45) is 23.3. The first-order valence-electron chi connectivity index (χ1n) is 10.1. The highest BCUT2D eigenvalue weighted by Gasteiger charge is 2.10. The lowest BCUT2D eigenvalue weighted by Gasteiger charge is -2.02. The smallest absolute Gasteiger partial charge is 0.272 e. The Labute approximate surface area is 143 Å². The third kappa shape index (κ3) is 11.2. The van der Waals surface area contributed by atoms with Crippen LogP contribution in [0.25, 0.3) is 0 Å². The maximum Gasteiger partial charge on any atom is 0.272 e. The number of allylic oxidation sites excluding steroid dienone is 1. The summed E-state index contributed by atoms with van der Waals surface area (Å²) >= 11 is 0. The molecule has 3 heteroatoms. The molecule has 0 radical (unpaired) electrons. The molecule has 0 aromatic rings. The van der Waals surface area contributed by atoms with Crippen LogP contribution in [0.4, 0.5) is 0 Å². The number of hydrogen-bond donors (Lipinski definition) is 1. The summed E-state index contributed by atoms with van der Waals surface area (Å²) in [6, 6.07) is 0. The lowest BCUT2D eigenvalue weighted by molar-refractivity contribution is -0.445. The monoisotopic (exact) mass is 322 g/mol. The molecule has 3 nitrogen and oxygen atoms in total. The van der Waals surface area contributed by atoms with Crippen molar-refractivity contribution in [2.75, 3.05) is 13.1 Å². The van der Waals surface area contributed by atoms with Gasteiger partial charge in [0.15, 0.2) is 0 Å². The van der Waals surface area contributed by atoms with Crippen LogP contribution in [0.3, 0.4) is 0 Å². The number of nitrogens with one attached hydrogen (secondary N) is 1. The van der Waals surface area contributed by atoms with Gasteiger partial charge >= 0.3 is 0 Å². The Hall–Kier alpha value is -0.990. The van der Waals surface area contributed by atoms with E-state index in [-0.39, 0.29) is 0 Å². The Morgan fingerprint density at radius 3 is 1.87 bits per heavy atom. The normalized spacial score (nSPS) is 14.8. The van der Waals surface area contributed by atoms with E-state index in [2.05, 4.69) is 18.3 Å². The van der Waals surface area contributed by atoms with Gasteiger partial charge in [0.1, 0.15) is 13.1 Å². The number of hydroxylamine groups is 1. The van der Waals surface area contributed by atoms with Crippen LogP contribution in [0.2, 0.25) is 0 Å². The fourth-order valence-corrected chi connectivity index (χ4v) is 3.11. The van der Waals surface area contributed by atoms with Crippen molar-refractivity contribution >= 4 is 5.84 Å². The zero-order valence-electron chi connectivity index (χ0n) is 15.3. The third-order valence-corrected chi connectivity index (χ3v) is 4.64. The summed E-state index contributed by atoms with van der Waals surface area (Å²) in [4.78, 5) is 0. The quantitative estimate of drug-likeness (QED) is 0.244. The molecule has 0 bridgehead atoms. The minimum absolute atomic E-state index is 0.582. The molecular weight excluding hydrogens is 284 g/mol. The maximum absolute atomic E-state index is 11.3. The Morgan fingerprint density at radius 1 is 0.870 bits per heavy atom. The SMILES string of the molecule is CCCCCCCCCCCCCCCC=CC1=[N+]([O-])CCN1. The van der Waals surface area contributed by atoms with Gasteiger partial charge < -0.3 is 5.21 Å². The summed E-state index contributed by atoms with van der Waals surface area (Å²) in [5.41, 5.74) is 0. The molecule has 0 saturated carbocycles. The van der Waals surface area contributed by atoms with Gasteiger partial charge in [0.2, 0.25) is 0 Å². The topological polar surface area (TPSA) is 38.1 Å². The van der Waals surface area contributed by atoms with Crippen molar-refractivity contribution in [2.24, 2.45) is 0 Å².